The van der Waals surface area contributed by atoms with E-state index in [-0.39, 0.29) is 5.56 Å². The van der Waals surface area contributed by atoms with E-state index >= 15 is 0 Å². The van der Waals surface area contributed by atoms with Crippen LogP contribution >= 0.6 is 11.3 Å². The van der Waals surface area contributed by atoms with E-state index in [9.17, 15) is 9.59 Å². The van der Waals surface area contributed by atoms with Gasteiger partial charge in [0, 0.05) is 11.6 Å². The first-order valence-electron chi connectivity index (χ1n) is 3.77. The Bertz CT molecular complexity index is 543. The highest BCUT2D eigenvalue weighted by Gasteiger charge is 2.13. The predicted octanol–water partition coefficient (Wildman–Crippen LogP) is 0.543. The Balaban J connectivity index is 2.74. The van der Waals surface area contributed by atoms with Crippen molar-refractivity contribution in [1.82, 2.24) is 9.38 Å². The SMILES string of the molecule is COC(=O)c1cnc2sccn2c1=O. The van der Waals surface area contributed by atoms with Crippen molar-refractivity contribution in [1.29, 1.82) is 0 Å². The molecule has 0 atom stereocenters. The van der Waals surface area contributed by atoms with E-state index in [0.717, 1.165) is 0 Å². The summed E-state index contributed by atoms with van der Waals surface area (Å²) in [6.07, 6.45) is 2.81. The number of carbonyl (C=O) groups excluding carboxylic acids is 1. The highest BCUT2D eigenvalue weighted by atomic mass is 32.1. The van der Waals surface area contributed by atoms with Crippen molar-refractivity contribution < 1.29 is 9.53 Å². The van der Waals surface area contributed by atoms with Gasteiger partial charge in [0.05, 0.1) is 13.3 Å². The number of rotatable bonds is 1. The minimum Gasteiger partial charge on any atom is -0.465 e. The molecule has 0 aliphatic carbocycles. The molecule has 0 N–H and O–H groups in total. The Morgan fingerprint density at radius 2 is 2.43 bits per heavy atom. The summed E-state index contributed by atoms with van der Waals surface area (Å²) in [6, 6.07) is 0. The monoisotopic (exact) mass is 210 g/mol. The molecule has 0 saturated carbocycles. The average molecular weight is 210 g/mol. The number of fused-ring (bicyclic) bond motifs is 1. The molecule has 0 fully saturated rings. The minimum atomic E-state index is -0.664. The van der Waals surface area contributed by atoms with E-state index in [1.165, 1.54) is 29.0 Å². The van der Waals surface area contributed by atoms with Crippen LogP contribution in [0.2, 0.25) is 0 Å². The molecule has 2 aromatic rings. The molecule has 2 aromatic heterocycles. The third-order valence-corrected chi connectivity index (χ3v) is 2.52. The van der Waals surface area contributed by atoms with Gasteiger partial charge in [0.1, 0.15) is 5.56 Å². The molecule has 72 valence electrons. The Hall–Kier alpha value is -1.69. The molecule has 0 spiro atoms. The molecule has 0 bridgehead atoms. The zero-order chi connectivity index (χ0) is 10.1. The van der Waals surface area contributed by atoms with Crippen LogP contribution in [-0.2, 0) is 4.74 Å². The lowest BCUT2D eigenvalue weighted by atomic mass is 10.3. The molecular weight excluding hydrogens is 204 g/mol. The lowest BCUT2D eigenvalue weighted by molar-refractivity contribution is 0.0598. The molecular formula is C8H6N2O3S. The maximum absolute atomic E-state index is 11.6. The standard InChI is InChI=1S/C8H6N2O3S/c1-13-7(12)5-4-9-8-10(6(5)11)2-3-14-8/h2-4H,1H3. The van der Waals surface area contributed by atoms with Gasteiger partial charge in [0.15, 0.2) is 4.96 Å². The number of ether oxygens (including phenoxy) is 1. The van der Waals surface area contributed by atoms with E-state index in [4.69, 9.17) is 0 Å². The summed E-state index contributed by atoms with van der Waals surface area (Å²) >= 11 is 1.33. The van der Waals surface area contributed by atoms with E-state index < -0.39 is 11.5 Å². The molecule has 0 saturated heterocycles. The minimum absolute atomic E-state index is 0.0524. The number of methoxy groups -OCH3 is 1. The molecule has 0 amide bonds. The first-order chi connectivity index (χ1) is 6.74. The maximum Gasteiger partial charge on any atom is 0.345 e. The second-order valence-electron chi connectivity index (χ2n) is 2.52. The first-order valence-corrected chi connectivity index (χ1v) is 4.65. The van der Waals surface area contributed by atoms with Crippen molar-refractivity contribution in [3.63, 3.8) is 0 Å². The lowest BCUT2D eigenvalue weighted by Gasteiger charge is -1.97. The Morgan fingerprint density at radius 3 is 3.14 bits per heavy atom. The summed E-state index contributed by atoms with van der Waals surface area (Å²) in [6.45, 7) is 0. The zero-order valence-corrected chi connectivity index (χ0v) is 8.08. The van der Waals surface area contributed by atoms with Crippen LogP contribution in [-0.4, -0.2) is 22.5 Å². The number of hydrogen-bond donors (Lipinski definition) is 0. The molecule has 0 aliphatic heterocycles. The first kappa shape index (κ1) is 8.89. The van der Waals surface area contributed by atoms with Crippen molar-refractivity contribution in [3.05, 3.63) is 33.7 Å². The van der Waals surface area contributed by atoms with Gasteiger partial charge in [-0.15, -0.1) is 11.3 Å². The fourth-order valence-electron chi connectivity index (χ4n) is 1.07. The van der Waals surface area contributed by atoms with Crippen LogP contribution in [0.1, 0.15) is 10.4 Å². The molecule has 2 rings (SSSR count). The number of aromatic nitrogens is 2. The van der Waals surface area contributed by atoms with Crippen molar-refractivity contribution in [2.24, 2.45) is 0 Å². The smallest absolute Gasteiger partial charge is 0.345 e. The zero-order valence-electron chi connectivity index (χ0n) is 7.26. The van der Waals surface area contributed by atoms with Gasteiger partial charge in [-0.05, 0) is 0 Å². The normalized spacial score (nSPS) is 10.4. The number of hydrogen-bond acceptors (Lipinski definition) is 5. The number of nitrogens with zero attached hydrogens (tertiary/aromatic N) is 2. The Morgan fingerprint density at radius 1 is 1.64 bits per heavy atom. The van der Waals surface area contributed by atoms with Crippen molar-refractivity contribution in [3.8, 4) is 0 Å². The van der Waals surface area contributed by atoms with Gasteiger partial charge >= 0.3 is 5.97 Å². The van der Waals surface area contributed by atoms with Crippen LogP contribution in [0.25, 0.3) is 4.96 Å². The van der Waals surface area contributed by atoms with Crippen LogP contribution < -0.4 is 5.56 Å². The average Bonchev–Trinajstić information content (AvgIpc) is 2.66. The van der Waals surface area contributed by atoms with Gasteiger partial charge in [-0.2, -0.15) is 0 Å². The van der Waals surface area contributed by atoms with Gasteiger partial charge in [-0.3, -0.25) is 9.20 Å². The maximum atomic E-state index is 11.6. The topological polar surface area (TPSA) is 60.7 Å². The van der Waals surface area contributed by atoms with E-state index in [2.05, 4.69) is 9.72 Å². The van der Waals surface area contributed by atoms with Gasteiger partial charge in [0.2, 0.25) is 0 Å². The predicted molar refractivity (Wildman–Crippen MR) is 50.7 cm³/mol. The summed E-state index contributed by atoms with van der Waals surface area (Å²) in [5.74, 6) is -0.664. The Labute approximate surface area is 82.6 Å². The van der Waals surface area contributed by atoms with Crippen LogP contribution in [0, 0.1) is 0 Å². The van der Waals surface area contributed by atoms with E-state index in [0.29, 0.717) is 4.96 Å². The molecule has 0 unspecified atom stereocenters. The van der Waals surface area contributed by atoms with Gasteiger partial charge < -0.3 is 4.74 Å². The van der Waals surface area contributed by atoms with Crippen molar-refractivity contribution in [2.45, 2.75) is 0 Å². The van der Waals surface area contributed by atoms with Gasteiger partial charge in [0.25, 0.3) is 5.56 Å². The molecule has 6 heteroatoms. The largest absolute Gasteiger partial charge is 0.465 e. The summed E-state index contributed by atoms with van der Waals surface area (Å²) in [7, 11) is 1.23. The fraction of sp³-hybridized carbons (Fsp3) is 0.125. The van der Waals surface area contributed by atoms with E-state index in [1.54, 1.807) is 11.6 Å². The summed E-state index contributed by atoms with van der Waals surface area (Å²) < 4.78 is 5.77. The number of thiazole rings is 1. The summed E-state index contributed by atoms with van der Waals surface area (Å²) in [4.78, 5) is 27.3. The number of esters is 1. The molecule has 14 heavy (non-hydrogen) atoms. The van der Waals surface area contributed by atoms with Gasteiger partial charge in [-0.25, -0.2) is 9.78 Å². The summed E-state index contributed by atoms with van der Waals surface area (Å²) in [5, 5.41) is 1.73. The second-order valence-corrected chi connectivity index (χ2v) is 3.40. The Kier molecular flexibility index (Phi) is 2.05. The molecule has 5 nitrogen and oxygen atoms in total. The highest BCUT2D eigenvalue weighted by Crippen LogP contribution is 2.05. The molecule has 0 aliphatic rings. The molecule has 0 aromatic carbocycles. The molecule has 2 heterocycles. The fourth-order valence-corrected chi connectivity index (χ4v) is 1.75. The van der Waals surface area contributed by atoms with Crippen LogP contribution in [0.3, 0.4) is 0 Å². The van der Waals surface area contributed by atoms with Crippen molar-refractivity contribution >= 4 is 22.3 Å². The third kappa shape index (κ3) is 1.20. The third-order valence-electron chi connectivity index (χ3n) is 1.75. The van der Waals surface area contributed by atoms with Gasteiger partial charge in [-0.1, -0.05) is 0 Å². The highest BCUT2D eigenvalue weighted by molar-refractivity contribution is 7.15. The quantitative estimate of drug-likeness (QED) is 0.644. The van der Waals surface area contributed by atoms with Crippen LogP contribution in [0.5, 0.6) is 0 Å². The van der Waals surface area contributed by atoms with Crippen LogP contribution in [0.15, 0.2) is 22.6 Å². The van der Waals surface area contributed by atoms with Crippen LogP contribution in [0.4, 0.5) is 0 Å². The number of carbonyl (C=O) groups is 1. The molecule has 0 radical (unpaired) electrons. The second kappa shape index (κ2) is 3.22. The van der Waals surface area contributed by atoms with Crippen molar-refractivity contribution in [2.75, 3.05) is 7.11 Å². The van der Waals surface area contributed by atoms with E-state index in [1.807, 2.05) is 0 Å². The lowest BCUT2D eigenvalue weighted by Crippen LogP contribution is -2.22. The summed E-state index contributed by atoms with van der Waals surface area (Å²) in [5.41, 5.74) is -0.452.